The fourth-order valence-corrected chi connectivity index (χ4v) is 3.03. The number of nitrogens with one attached hydrogen (secondary N) is 3. The molecule has 3 amide bonds. The van der Waals surface area contributed by atoms with Crippen LogP contribution in [0.4, 0.5) is 15.3 Å². The first-order chi connectivity index (χ1) is 12.6. The molecule has 9 heteroatoms. The fourth-order valence-electron chi connectivity index (χ4n) is 3.03. The number of urea groups is 1. The molecule has 3 N–H and O–H groups in total. The molecule has 9 nitrogen and oxygen atoms in total. The van der Waals surface area contributed by atoms with Gasteiger partial charge in [0.25, 0.3) is 0 Å². The van der Waals surface area contributed by atoms with Gasteiger partial charge >= 0.3 is 12.1 Å². The maximum atomic E-state index is 12.1. The molecule has 0 spiro atoms. The minimum absolute atomic E-state index is 0.221. The standard InChI is InChI=1S/C17H23N3O6/c1-3-18-16(21)20-12-8-24-15-13(9-25-14(12)15)26-17(22)19-10-4-6-11(23-2)7-5-10/h4-7,12-15H,3,8-9H2,1-2H3,(H,19,22)(H2,18,20,21)/t12-,13-,14-,15+/m1/s1. The third kappa shape index (κ3) is 4.17. The Morgan fingerprint density at radius 2 is 1.88 bits per heavy atom. The van der Waals surface area contributed by atoms with Crippen LogP contribution in [-0.2, 0) is 14.2 Å². The van der Waals surface area contributed by atoms with E-state index in [4.69, 9.17) is 18.9 Å². The van der Waals surface area contributed by atoms with Crippen molar-refractivity contribution in [1.82, 2.24) is 10.6 Å². The molecule has 1 aromatic rings. The molecule has 26 heavy (non-hydrogen) atoms. The molecule has 0 unspecified atom stereocenters. The van der Waals surface area contributed by atoms with E-state index in [1.54, 1.807) is 31.4 Å². The number of hydrogen-bond donors (Lipinski definition) is 3. The molecule has 0 saturated carbocycles. The number of fused-ring (bicyclic) bond motifs is 1. The van der Waals surface area contributed by atoms with Crippen molar-refractivity contribution in [2.24, 2.45) is 0 Å². The summed E-state index contributed by atoms with van der Waals surface area (Å²) in [6.45, 7) is 2.90. The molecule has 142 valence electrons. The number of rotatable bonds is 5. The first-order valence-corrected chi connectivity index (χ1v) is 8.50. The number of carbonyl (C=O) groups is 2. The van der Waals surface area contributed by atoms with Gasteiger partial charge in [-0.05, 0) is 31.2 Å². The lowest BCUT2D eigenvalue weighted by molar-refractivity contribution is 0.00872. The van der Waals surface area contributed by atoms with E-state index in [-0.39, 0.29) is 24.8 Å². The summed E-state index contributed by atoms with van der Waals surface area (Å²) in [7, 11) is 1.57. The highest BCUT2D eigenvalue weighted by molar-refractivity contribution is 5.84. The van der Waals surface area contributed by atoms with Gasteiger partial charge in [0.2, 0.25) is 0 Å². The zero-order valence-corrected chi connectivity index (χ0v) is 14.7. The van der Waals surface area contributed by atoms with Crippen LogP contribution < -0.4 is 20.7 Å². The van der Waals surface area contributed by atoms with Gasteiger partial charge in [0.1, 0.15) is 18.0 Å². The molecule has 3 rings (SSSR count). The number of carbonyl (C=O) groups excluding carboxylic acids is 2. The van der Waals surface area contributed by atoms with Crippen LogP contribution in [0.5, 0.6) is 5.75 Å². The van der Waals surface area contributed by atoms with Crippen molar-refractivity contribution in [3.63, 3.8) is 0 Å². The summed E-state index contributed by atoms with van der Waals surface area (Å²) in [5.74, 6) is 0.695. The molecule has 1 aromatic carbocycles. The Hall–Kier alpha value is -2.52. The van der Waals surface area contributed by atoms with E-state index in [2.05, 4.69) is 16.0 Å². The Morgan fingerprint density at radius 1 is 1.15 bits per heavy atom. The molecule has 0 bridgehead atoms. The summed E-state index contributed by atoms with van der Waals surface area (Å²) < 4.78 is 21.8. The largest absolute Gasteiger partial charge is 0.497 e. The molecule has 2 aliphatic heterocycles. The molecule has 0 radical (unpaired) electrons. The molecule has 2 saturated heterocycles. The first kappa shape index (κ1) is 18.3. The summed E-state index contributed by atoms with van der Waals surface area (Å²) >= 11 is 0. The minimum Gasteiger partial charge on any atom is -0.497 e. The minimum atomic E-state index is -0.590. The fraction of sp³-hybridized carbons (Fsp3) is 0.529. The highest BCUT2D eigenvalue weighted by Gasteiger charge is 2.50. The van der Waals surface area contributed by atoms with E-state index in [9.17, 15) is 9.59 Å². The maximum absolute atomic E-state index is 12.1. The molecule has 2 fully saturated rings. The zero-order valence-electron chi connectivity index (χ0n) is 14.7. The maximum Gasteiger partial charge on any atom is 0.412 e. The van der Waals surface area contributed by atoms with E-state index >= 15 is 0 Å². The lowest BCUT2D eigenvalue weighted by Crippen LogP contribution is -2.48. The van der Waals surface area contributed by atoms with E-state index in [0.29, 0.717) is 24.6 Å². The van der Waals surface area contributed by atoms with Gasteiger partial charge in [-0.25, -0.2) is 9.59 Å². The van der Waals surface area contributed by atoms with Crippen LogP contribution in [0.2, 0.25) is 0 Å². The van der Waals surface area contributed by atoms with Crippen molar-refractivity contribution in [2.75, 3.05) is 32.2 Å². The molecule has 0 aromatic heterocycles. The zero-order chi connectivity index (χ0) is 18.5. The second-order valence-corrected chi connectivity index (χ2v) is 6.00. The smallest absolute Gasteiger partial charge is 0.412 e. The molecule has 4 atom stereocenters. The molecular formula is C17H23N3O6. The first-order valence-electron chi connectivity index (χ1n) is 8.50. The van der Waals surface area contributed by atoms with Crippen LogP contribution in [0.1, 0.15) is 6.92 Å². The van der Waals surface area contributed by atoms with Gasteiger partial charge in [0, 0.05) is 12.2 Å². The summed E-state index contributed by atoms with van der Waals surface area (Å²) in [6.07, 6.45) is -1.85. The summed E-state index contributed by atoms with van der Waals surface area (Å²) in [5.41, 5.74) is 0.592. The van der Waals surface area contributed by atoms with Crippen molar-refractivity contribution in [3.05, 3.63) is 24.3 Å². The van der Waals surface area contributed by atoms with Crippen LogP contribution in [0.3, 0.4) is 0 Å². The summed E-state index contributed by atoms with van der Waals surface area (Å²) in [5, 5.41) is 8.13. The molecule has 2 heterocycles. The van der Waals surface area contributed by atoms with Crippen LogP contribution in [-0.4, -0.2) is 63.3 Å². The second-order valence-electron chi connectivity index (χ2n) is 6.00. The number of methoxy groups -OCH3 is 1. The number of benzene rings is 1. The average molecular weight is 365 g/mol. The summed E-state index contributed by atoms with van der Waals surface area (Å²) in [6, 6.07) is 6.36. The quantitative estimate of drug-likeness (QED) is 0.721. The molecular weight excluding hydrogens is 342 g/mol. The Bertz CT molecular complexity index is 638. The predicted octanol–water partition coefficient (Wildman–Crippen LogP) is 1.10. The lowest BCUT2D eigenvalue weighted by atomic mass is 10.1. The van der Waals surface area contributed by atoms with E-state index in [1.165, 1.54) is 0 Å². The topological polar surface area (TPSA) is 107 Å². The lowest BCUT2D eigenvalue weighted by Gasteiger charge is -2.18. The van der Waals surface area contributed by atoms with Crippen molar-refractivity contribution in [3.8, 4) is 5.75 Å². The SMILES string of the molecule is CCNC(=O)N[C@@H]1CO[C@@H]2[C@@H]1OC[C@H]2OC(=O)Nc1ccc(OC)cc1. The van der Waals surface area contributed by atoms with Crippen molar-refractivity contribution >= 4 is 17.8 Å². The Kier molecular flexibility index (Phi) is 5.79. The Labute approximate surface area is 151 Å². The van der Waals surface area contributed by atoms with Gasteiger partial charge in [-0.15, -0.1) is 0 Å². The number of anilines is 1. The van der Waals surface area contributed by atoms with Crippen LogP contribution in [0.15, 0.2) is 24.3 Å². The highest BCUT2D eigenvalue weighted by Crippen LogP contribution is 2.29. The summed E-state index contributed by atoms with van der Waals surface area (Å²) in [4.78, 5) is 23.8. The number of hydrogen-bond acceptors (Lipinski definition) is 6. The Morgan fingerprint density at radius 3 is 2.58 bits per heavy atom. The number of amides is 3. The third-order valence-corrected chi connectivity index (χ3v) is 4.26. The molecule has 2 aliphatic rings. The van der Waals surface area contributed by atoms with Crippen molar-refractivity contribution in [2.45, 2.75) is 31.3 Å². The van der Waals surface area contributed by atoms with Gasteiger partial charge in [-0.3, -0.25) is 5.32 Å². The molecule has 0 aliphatic carbocycles. The normalized spacial score (nSPS) is 26.7. The van der Waals surface area contributed by atoms with Gasteiger partial charge < -0.3 is 29.6 Å². The number of ether oxygens (including phenoxy) is 4. The van der Waals surface area contributed by atoms with E-state index in [0.717, 1.165) is 0 Å². The second kappa shape index (κ2) is 8.24. The van der Waals surface area contributed by atoms with Crippen molar-refractivity contribution in [1.29, 1.82) is 0 Å². The van der Waals surface area contributed by atoms with Gasteiger partial charge in [0.05, 0.1) is 26.4 Å². The van der Waals surface area contributed by atoms with Crippen molar-refractivity contribution < 1.29 is 28.5 Å². The Balaban J connectivity index is 1.50. The van der Waals surface area contributed by atoms with Gasteiger partial charge in [-0.2, -0.15) is 0 Å². The third-order valence-electron chi connectivity index (χ3n) is 4.26. The predicted molar refractivity (Wildman–Crippen MR) is 92.4 cm³/mol. The average Bonchev–Trinajstić information content (AvgIpc) is 3.20. The van der Waals surface area contributed by atoms with Gasteiger partial charge in [0.15, 0.2) is 6.10 Å². The monoisotopic (exact) mass is 365 g/mol. The van der Waals surface area contributed by atoms with E-state index < -0.39 is 18.3 Å². The van der Waals surface area contributed by atoms with Crippen LogP contribution in [0.25, 0.3) is 0 Å². The van der Waals surface area contributed by atoms with Crippen LogP contribution >= 0.6 is 0 Å². The van der Waals surface area contributed by atoms with Gasteiger partial charge in [-0.1, -0.05) is 0 Å². The highest BCUT2D eigenvalue weighted by atomic mass is 16.6. The van der Waals surface area contributed by atoms with Crippen LogP contribution in [0, 0.1) is 0 Å². The van der Waals surface area contributed by atoms with E-state index in [1.807, 2.05) is 6.92 Å².